The van der Waals surface area contributed by atoms with Crippen molar-refractivity contribution in [2.45, 2.75) is 25.4 Å². The Labute approximate surface area is 151 Å². The van der Waals surface area contributed by atoms with Crippen molar-refractivity contribution >= 4 is 21.8 Å². The zero-order chi connectivity index (χ0) is 19.1. The van der Waals surface area contributed by atoms with Crippen LogP contribution in [0.15, 0.2) is 30.5 Å². The second-order valence-electron chi connectivity index (χ2n) is 6.33. The Morgan fingerprint density at radius 3 is 2.73 bits per heavy atom. The molecule has 2 atom stereocenters. The number of nitrogens with zero attached hydrogens (tertiary/aromatic N) is 3. The number of aryl methyl sites for hydroxylation is 2. The number of carbonyl (C=O) groups is 1. The molecule has 0 aliphatic carbocycles. The molecule has 3 rings (SSSR count). The van der Waals surface area contributed by atoms with Crippen LogP contribution in [0.1, 0.15) is 23.7 Å². The third kappa shape index (κ3) is 3.57. The number of aromatic hydroxyl groups is 1. The topological polar surface area (TPSA) is 117 Å². The molecular formula is C16H21N5O4S. The average molecular weight is 379 g/mol. The summed E-state index contributed by atoms with van der Waals surface area (Å²) in [6, 6.07) is 4.65. The van der Waals surface area contributed by atoms with Crippen LogP contribution in [0.3, 0.4) is 0 Å². The SMILES string of the molecule is Cc1nn(C)cc1[C@H]1C[C@H](C(=O)Nc2cccc(O)c2)N(C)S(=O)(=O)N1. The van der Waals surface area contributed by atoms with E-state index in [0.717, 1.165) is 9.87 Å². The van der Waals surface area contributed by atoms with Crippen molar-refractivity contribution in [3.05, 3.63) is 41.7 Å². The van der Waals surface area contributed by atoms with Crippen molar-refractivity contribution in [1.82, 2.24) is 18.8 Å². The van der Waals surface area contributed by atoms with Crippen LogP contribution in [0, 0.1) is 6.92 Å². The number of nitrogens with one attached hydrogen (secondary N) is 2. The van der Waals surface area contributed by atoms with E-state index in [2.05, 4.69) is 15.1 Å². The van der Waals surface area contributed by atoms with Gasteiger partial charge in [-0.05, 0) is 25.5 Å². The van der Waals surface area contributed by atoms with E-state index in [-0.39, 0.29) is 12.2 Å². The molecule has 2 aromatic rings. The van der Waals surface area contributed by atoms with Crippen LogP contribution >= 0.6 is 0 Å². The van der Waals surface area contributed by atoms with E-state index < -0.39 is 28.2 Å². The fourth-order valence-corrected chi connectivity index (χ4v) is 4.35. The molecule has 9 nitrogen and oxygen atoms in total. The fraction of sp³-hybridized carbons (Fsp3) is 0.375. The van der Waals surface area contributed by atoms with E-state index in [1.54, 1.807) is 37.0 Å². The molecule has 1 aliphatic rings. The van der Waals surface area contributed by atoms with Gasteiger partial charge in [0, 0.05) is 37.6 Å². The van der Waals surface area contributed by atoms with E-state index in [4.69, 9.17) is 0 Å². The van der Waals surface area contributed by atoms with E-state index in [1.807, 2.05) is 0 Å². The molecule has 1 aromatic carbocycles. The number of likely N-dealkylation sites (N-methyl/N-ethyl adjacent to an activating group) is 1. The molecule has 1 aromatic heterocycles. The molecule has 0 radical (unpaired) electrons. The van der Waals surface area contributed by atoms with Gasteiger partial charge in [0.2, 0.25) is 5.91 Å². The standard InChI is InChI=1S/C16H21N5O4S/c1-10-13(9-20(2)18-10)14-8-15(21(3)26(24,25)19-14)16(23)17-11-5-4-6-12(22)7-11/h4-7,9,14-15,19,22H,8H2,1-3H3,(H,17,23)/t14-,15-/m1/s1. The Hall–Kier alpha value is -2.43. The highest BCUT2D eigenvalue weighted by Crippen LogP contribution is 2.30. The number of anilines is 1. The molecule has 26 heavy (non-hydrogen) atoms. The van der Waals surface area contributed by atoms with Crippen molar-refractivity contribution in [3.63, 3.8) is 0 Å². The zero-order valence-corrected chi connectivity index (χ0v) is 15.5. The Kier molecular flexibility index (Phi) is 4.74. The summed E-state index contributed by atoms with van der Waals surface area (Å²) in [6.07, 6.45) is 2.00. The maximum absolute atomic E-state index is 12.7. The number of phenols is 1. The van der Waals surface area contributed by atoms with Crippen LogP contribution in [0.4, 0.5) is 5.69 Å². The molecule has 1 amide bonds. The Balaban J connectivity index is 1.87. The third-order valence-electron chi connectivity index (χ3n) is 4.41. The van der Waals surface area contributed by atoms with Gasteiger partial charge < -0.3 is 10.4 Å². The van der Waals surface area contributed by atoms with Gasteiger partial charge in [-0.2, -0.15) is 22.5 Å². The summed E-state index contributed by atoms with van der Waals surface area (Å²) < 4.78 is 30.2. The largest absolute Gasteiger partial charge is 0.508 e. The fourth-order valence-electron chi connectivity index (χ4n) is 3.08. The van der Waals surface area contributed by atoms with E-state index in [0.29, 0.717) is 11.4 Å². The predicted molar refractivity (Wildman–Crippen MR) is 95.6 cm³/mol. The molecule has 1 saturated heterocycles. The van der Waals surface area contributed by atoms with Crippen molar-refractivity contribution < 1.29 is 18.3 Å². The minimum absolute atomic E-state index is 0.0120. The lowest BCUT2D eigenvalue weighted by atomic mass is 10.00. The van der Waals surface area contributed by atoms with Crippen LogP contribution in [-0.2, 0) is 22.1 Å². The van der Waals surface area contributed by atoms with Gasteiger partial charge in [0.25, 0.3) is 10.2 Å². The summed E-state index contributed by atoms with van der Waals surface area (Å²) in [5.74, 6) is -0.451. The highest BCUT2D eigenvalue weighted by atomic mass is 32.2. The van der Waals surface area contributed by atoms with E-state index in [9.17, 15) is 18.3 Å². The summed E-state index contributed by atoms with van der Waals surface area (Å²) in [5, 5.41) is 16.4. The van der Waals surface area contributed by atoms with Crippen LogP contribution in [0.2, 0.25) is 0 Å². The van der Waals surface area contributed by atoms with Crippen molar-refractivity contribution in [1.29, 1.82) is 0 Å². The van der Waals surface area contributed by atoms with E-state index in [1.165, 1.54) is 19.2 Å². The molecule has 0 saturated carbocycles. The number of aromatic nitrogens is 2. The van der Waals surface area contributed by atoms with Gasteiger partial charge in [-0.25, -0.2) is 0 Å². The monoisotopic (exact) mass is 379 g/mol. The summed E-state index contributed by atoms with van der Waals surface area (Å²) in [5.41, 5.74) is 1.84. The molecule has 0 spiro atoms. The summed E-state index contributed by atoms with van der Waals surface area (Å²) in [7, 11) is -0.706. The van der Waals surface area contributed by atoms with Crippen molar-refractivity contribution in [2.24, 2.45) is 7.05 Å². The molecule has 140 valence electrons. The number of hydrogen-bond acceptors (Lipinski definition) is 5. The normalized spacial score (nSPS) is 22.9. The number of amides is 1. The van der Waals surface area contributed by atoms with Gasteiger partial charge in [0.05, 0.1) is 11.7 Å². The minimum Gasteiger partial charge on any atom is -0.508 e. The molecular weight excluding hydrogens is 358 g/mol. The molecule has 3 N–H and O–H groups in total. The summed E-state index contributed by atoms with van der Waals surface area (Å²) in [6.45, 7) is 1.80. The second-order valence-corrected chi connectivity index (χ2v) is 8.09. The molecule has 1 aliphatic heterocycles. The number of phenolic OH excluding ortho intramolecular Hbond substituents is 1. The highest BCUT2D eigenvalue weighted by Gasteiger charge is 2.41. The highest BCUT2D eigenvalue weighted by molar-refractivity contribution is 7.87. The van der Waals surface area contributed by atoms with Crippen LogP contribution in [-0.4, -0.2) is 46.6 Å². The maximum Gasteiger partial charge on any atom is 0.280 e. The number of rotatable bonds is 3. The lowest BCUT2D eigenvalue weighted by Crippen LogP contribution is -2.56. The number of benzene rings is 1. The number of hydrogen-bond donors (Lipinski definition) is 3. The Morgan fingerprint density at radius 1 is 1.38 bits per heavy atom. The first kappa shape index (κ1) is 18.4. The molecule has 1 fully saturated rings. The lowest BCUT2D eigenvalue weighted by Gasteiger charge is -2.36. The third-order valence-corrected chi connectivity index (χ3v) is 6.01. The lowest BCUT2D eigenvalue weighted by molar-refractivity contribution is -0.120. The summed E-state index contributed by atoms with van der Waals surface area (Å²) >= 11 is 0. The van der Waals surface area contributed by atoms with Crippen molar-refractivity contribution in [3.8, 4) is 5.75 Å². The first-order valence-electron chi connectivity index (χ1n) is 8.02. The molecule has 0 bridgehead atoms. The second kappa shape index (κ2) is 6.71. The first-order valence-corrected chi connectivity index (χ1v) is 9.46. The molecule has 10 heteroatoms. The maximum atomic E-state index is 12.7. The van der Waals surface area contributed by atoms with Gasteiger partial charge in [-0.15, -0.1) is 0 Å². The zero-order valence-electron chi connectivity index (χ0n) is 14.7. The quantitative estimate of drug-likeness (QED) is 0.724. The van der Waals surface area contributed by atoms with Crippen LogP contribution < -0.4 is 10.0 Å². The van der Waals surface area contributed by atoms with Crippen LogP contribution in [0.5, 0.6) is 5.75 Å². The van der Waals surface area contributed by atoms with Crippen molar-refractivity contribution in [2.75, 3.05) is 12.4 Å². The van der Waals surface area contributed by atoms with Crippen LogP contribution in [0.25, 0.3) is 0 Å². The van der Waals surface area contributed by atoms with E-state index >= 15 is 0 Å². The average Bonchev–Trinajstić information content (AvgIpc) is 2.88. The smallest absolute Gasteiger partial charge is 0.280 e. The van der Waals surface area contributed by atoms with Gasteiger partial charge in [0.1, 0.15) is 11.8 Å². The van der Waals surface area contributed by atoms with Gasteiger partial charge in [-0.3, -0.25) is 9.48 Å². The predicted octanol–water partition coefficient (Wildman–Crippen LogP) is 0.652. The Bertz CT molecular complexity index is 940. The minimum atomic E-state index is -3.82. The van der Waals surface area contributed by atoms with Gasteiger partial charge >= 0.3 is 0 Å². The first-order chi connectivity index (χ1) is 12.2. The Morgan fingerprint density at radius 2 is 2.12 bits per heavy atom. The molecule has 2 heterocycles. The van der Waals surface area contributed by atoms with Gasteiger partial charge in [0.15, 0.2) is 0 Å². The molecule has 0 unspecified atom stereocenters. The van der Waals surface area contributed by atoms with Gasteiger partial charge in [-0.1, -0.05) is 6.07 Å². The summed E-state index contributed by atoms with van der Waals surface area (Å²) in [4.78, 5) is 12.7. The number of carbonyl (C=O) groups excluding carboxylic acids is 1.